The lowest BCUT2D eigenvalue weighted by atomic mass is 9.97. The van der Waals surface area contributed by atoms with Crippen LogP contribution in [0.1, 0.15) is 12.8 Å². The van der Waals surface area contributed by atoms with E-state index in [1.807, 2.05) is 0 Å². The van der Waals surface area contributed by atoms with Gasteiger partial charge < -0.3 is 5.11 Å². The van der Waals surface area contributed by atoms with E-state index in [9.17, 15) is 9.50 Å². The predicted molar refractivity (Wildman–Crippen MR) is 40.6 cm³/mol. The number of hydrogen-bond donors (Lipinski definition) is 1. The summed E-state index contributed by atoms with van der Waals surface area (Å²) in [6, 6.07) is 0. The molecule has 1 nitrogen and oxygen atoms in total. The van der Waals surface area contributed by atoms with Gasteiger partial charge in [-0.25, -0.2) is 4.39 Å². The molecular weight excluding hydrogens is 131 g/mol. The average molecular weight is 144 g/mol. The predicted octanol–water partition coefficient (Wildman–Crippen LogP) is 1.84. The van der Waals surface area contributed by atoms with Crippen LogP contribution in [0.25, 0.3) is 0 Å². The number of halogens is 1. The van der Waals surface area contributed by atoms with Gasteiger partial charge in [0, 0.05) is 0 Å². The summed E-state index contributed by atoms with van der Waals surface area (Å²) in [5, 5.41) is 9.30. The second kappa shape index (κ2) is 4.23. The standard InChI is InChI=1S/C8H13FO/c1-3-5-8(10,7-9)6-4-2/h3-4,10H,1-2,5-7H2. The number of alkyl halides is 1. The molecule has 0 aliphatic rings. The Morgan fingerprint density at radius 1 is 1.30 bits per heavy atom. The third kappa shape index (κ3) is 2.78. The molecule has 2 heteroatoms. The van der Waals surface area contributed by atoms with Crippen molar-refractivity contribution >= 4 is 0 Å². The maximum absolute atomic E-state index is 12.1. The molecule has 0 heterocycles. The molecule has 0 aromatic carbocycles. The maximum Gasteiger partial charge on any atom is 0.119 e. The van der Waals surface area contributed by atoms with Crippen molar-refractivity contribution in [1.82, 2.24) is 0 Å². The molecule has 58 valence electrons. The Morgan fingerprint density at radius 3 is 1.90 bits per heavy atom. The first-order valence-corrected chi connectivity index (χ1v) is 3.18. The van der Waals surface area contributed by atoms with Crippen molar-refractivity contribution in [2.75, 3.05) is 6.67 Å². The van der Waals surface area contributed by atoms with Gasteiger partial charge in [-0.05, 0) is 12.8 Å². The van der Waals surface area contributed by atoms with Gasteiger partial charge >= 0.3 is 0 Å². The van der Waals surface area contributed by atoms with Gasteiger partial charge in [-0.1, -0.05) is 12.2 Å². The van der Waals surface area contributed by atoms with E-state index in [0.717, 1.165) is 0 Å². The Hall–Kier alpha value is -0.630. The van der Waals surface area contributed by atoms with Gasteiger partial charge in [0.1, 0.15) is 6.67 Å². The van der Waals surface area contributed by atoms with Crippen LogP contribution in [-0.2, 0) is 0 Å². The second-order valence-electron chi connectivity index (χ2n) is 2.34. The van der Waals surface area contributed by atoms with Crippen LogP contribution in [0.5, 0.6) is 0 Å². The number of rotatable bonds is 5. The maximum atomic E-state index is 12.1. The van der Waals surface area contributed by atoms with E-state index in [4.69, 9.17) is 0 Å². The Balaban J connectivity index is 3.92. The Morgan fingerprint density at radius 2 is 1.70 bits per heavy atom. The summed E-state index contributed by atoms with van der Waals surface area (Å²) in [5.41, 5.74) is -1.26. The molecule has 0 unspecified atom stereocenters. The fourth-order valence-electron chi connectivity index (χ4n) is 0.730. The van der Waals surface area contributed by atoms with Crippen LogP contribution < -0.4 is 0 Å². The van der Waals surface area contributed by atoms with Crippen molar-refractivity contribution in [3.05, 3.63) is 25.3 Å². The molecule has 0 aliphatic heterocycles. The lowest BCUT2D eigenvalue weighted by molar-refractivity contribution is 0.0210. The fourth-order valence-corrected chi connectivity index (χ4v) is 0.730. The Bertz CT molecular complexity index is 110. The molecule has 0 radical (unpaired) electrons. The van der Waals surface area contributed by atoms with Crippen LogP contribution in [0.15, 0.2) is 25.3 Å². The zero-order chi connectivity index (χ0) is 8.04. The summed E-state index contributed by atoms with van der Waals surface area (Å²) in [6.07, 6.45) is 3.55. The molecule has 0 fully saturated rings. The Labute approximate surface area is 60.9 Å². The lowest BCUT2D eigenvalue weighted by Crippen LogP contribution is -2.29. The summed E-state index contributed by atoms with van der Waals surface area (Å²) in [5.74, 6) is 0. The summed E-state index contributed by atoms with van der Waals surface area (Å²) in [7, 11) is 0. The third-order valence-electron chi connectivity index (χ3n) is 1.30. The van der Waals surface area contributed by atoms with Gasteiger partial charge in [-0.15, -0.1) is 13.2 Å². The molecule has 0 aliphatic carbocycles. The summed E-state index contributed by atoms with van der Waals surface area (Å²) in [4.78, 5) is 0. The highest BCUT2D eigenvalue weighted by molar-refractivity contribution is 4.91. The van der Waals surface area contributed by atoms with E-state index in [0.29, 0.717) is 0 Å². The van der Waals surface area contributed by atoms with Crippen LogP contribution in [0.2, 0.25) is 0 Å². The number of aliphatic hydroxyl groups is 1. The van der Waals surface area contributed by atoms with E-state index in [2.05, 4.69) is 13.2 Å². The minimum atomic E-state index is -1.26. The van der Waals surface area contributed by atoms with Gasteiger partial charge in [0.2, 0.25) is 0 Å². The van der Waals surface area contributed by atoms with Crippen LogP contribution in [0, 0.1) is 0 Å². The summed E-state index contributed by atoms with van der Waals surface area (Å²) < 4.78 is 12.1. The van der Waals surface area contributed by atoms with E-state index in [1.54, 1.807) is 0 Å². The van der Waals surface area contributed by atoms with Gasteiger partial charge in [0.25, 0.3) is 0 Å². The molecule has 0 aromatic heterocycles. The SMILES string of the molecule is C=CCC(O)(CF)CC=C. The molecule has 0 rings (SSSR count). The van der Waals surface area contributed by atoms with Crippen molar-refractivity contribution in [2.45, 2.75) is 18.4 Å². The molecule has 0 spiro atoms. The van der Waals surface area contributed by atoms with Gasteiger partial charge in [-0.2, -0.15) is 0 Å². The fraction of sp³-hybridized carbons (Fsp3) is 0.500. The van der Waals surface area contributed by atoms with Crippen molar-refractivity contribution in [3.8, 4) is 0 Å². The van der Waals surface area contributed by atoms with Gasteiger partial charge in [0.15, 0.2) is 0 Å². The van der Waals surface area contributed by atoms with Gasteiger partial charge in [-0.3, -0.25) is 0 Å². The van der Waals surface area contributed by atoms with Gasteiger partial charge in [0.05, 0.1) is 5.60 Å². The molecule has 0 saturated heterocycles. The van der Waals surface area contributed by atoms with Crippen LogP contribution in [0.4, 0.5) is 4.39 Å². The topological polar surface area (TPSA) is 20.2 Å². The van der Waals surface area contributed by atoms with Crippen LogP contribution in [0.3, 0.4) is 0 Å². The van der Waals surface area contributed by atoms with E-state index >= 15 is 0 Å². The van der Waals surface area contributed by atoms with E-state index in [-0.39, 0.29) is 12.8 Å². The first-order valence-electron chi connectivity index (χ1n) is 3.18. The smallest absolute Gasteiger partial charge is 0.119 e. The number of hydrogen-bond acceptors (Lipinski definition) is 1. The second-order valence-corrected chi connectivity index (χ2v) is 2.34. The minimum Gasteiger partial charge on any atom is -0.387 e. The van der Waals surface area contributed by atoms with Crippen molar-refractivity contribution in [1.29, 1.82) is 0 Å². The monoisotopic (exact) mass is 144 g/mol. The zero-order valence-electron chi connectivity index (χ0n) is 6.02. The third-order valence-corrected chi connectivity index (χ3v) is 1.30. The molecule has 0 saturated carbocycles. The average Bonchev–Trinajstić information content (AvgIpc) is 1.89. The first-order chi connectivity index (χ1) is 4.68. The highest BCUT2D eigenvalue weighted by atomic mass is 19.1. The largest absolute Gasteiger partial charge is 0.387 e. The Kier molecular flexibility index (Phi) is 3.96. The normalized spacial score (nSPS) is 11.0. The molecule has 0 atom stereocenters. The van der Waals surface area contributed by atoms with Crippen LogP contribution in [-0.4, -0.2) is 17.4 Å². The summed E-state index contributed by atoms with van der Waals surface area (Å²) >= 11 is 0. The van der Waals surface area contributed by atoms with Crippen molar-refractivity contribution < 1.29 is 9.50 Å². The quantitative estimate of drug-likeness (QED) is 0.584. The highest BCUT2D eigenvalue weighted by Crippen LogP contribution is 2.16. The highest BCUT2D eigenvalue weighted by Gasteiger charge is 2.22. The van der Waals surface area contributed by atoms with Crippen molar-refractivity contribution in [2.24, 2.45) is 0 Å². The molecule has 0 bridgehead atoms. The molecule has 10 heavy (non-hydrogen) atoms. The molecule has 0 amide bonds. The van der Waals surface area contributed by atoms with E-state index < -0.39 is 12.3 Å². The molecule has 1 N–H and O–H groups in total. The van der Waals surface area contributed by atoms with E-state index in [1.165, 1.54) is 12.2 Å². The van der Waals surface area contributed by atoms with Crippen molar-refractivity contribution in [3.63, 3.8) is 0 Å². The minimum absolute atomic E-state index is 0.273. The molecule has 0 aromatic rings. The first kappa shape index (κ1) is 9.37. The lowest BCUT2D eigenvalue weighted by Gasteiger charge is -2.20. The zero-order valence-corrected chi connectivity index (χ0v) is 6.02. The van der Waals surface area contributed by atoms with Crippen LogP contribution >= 0.6 is 0 Å². The summed E-state index contributed by atoms with van der Waals surface area (Å²) in [6.45, 7) is 6.08. The molecular formula is C8H13FO.